The quantitative estimate of drug-likeness (QED) is 0.556. The van der Waals surface area contributed by atoms with E-state index in [-0.39, 0.29) is 0 Å². The standard InChI is InChI=1S/C13H30P/c1-7-14(8-2,9-3)12-10-11-13(4,5)6/h7-12H2,1-6H3/q+1. The van der Waals surface area contributed by atoms with Crippen molar-refractivity contribution >= 4 is 7.26 Å². The van der Waals surface area contributed by atoms with Crippen LogP contribution in [0.25, 0.3) is 0 Å². The normalized spacial score (nSPS) is 13.3. The first-order valence-electron chi connectivity index (χ1n) is 6.24. The third-order valence-corrected chi connectivity index (χ3v) is 8.86. The Bertz CT molecular complexity index is 132. The van der Waals surface area contributed by atoms with E-state index in [4.69, 9.17) is 0 Å². The van der Waals surface area contributed by atoms with Gasteiger partial charge in [-0.25, -0.2) is 0 Å². The van der Waals surface area contributed by atoms with Gasteiger partial charge in [0.15, 0.2) is 0 Å². The van der Waals surface area contributed by atoms with Crippen LogP contribution in [-0.2, 0) is 0 Å². The maximum Gasteiger partial charge on any atom is 0.0594 e. The zero-order valence-corrected chi connectivity index (χ0v) is 12.1. The highest BCUT2D eigenvalue weighted by molar-refractivity contribution is 7.75. The lowest BCUT2D eigenvalue weighted by atomic mass is 9.91. The van der Waals surface area contributed by atoms with Crippen LogP contribution in [-0.4, -0.2) is 24.6 Å². The minimum absolute atomic E-state index is 0.525. The average Bonchev–Trinajstić information content (AvgIpc) is 2.11. The maximum absolute atomic E-state index is 2.40. The largest absolute Gasteiger partial charge is 0.0602 e. The number of hydrogen-bond donors (Lipinski definition) is 0. The molecule has 1 heteroatoms. The fourth-order valence-electron chi connectivity index (χ4n) is 2.09. The molecule has 86 valence electrons. The van der Waals surface area contributed by atoms with E-state index in [2.05, 4.69) is 41.5 Å². The Balaban J connectivity index is 3.95. The van der Waals surface area contributed by atoms with Crippen molar-refractivity contribution in [1.29, 1.82) is 0 Å². The van der Waals surface area contributed by atoms with E-state index < -0.39 is 7.26 Å². The van der Waals surface area contributed by atoms with Gasteiger partial charge in [-0.15, -0.1) is 0 Å². The summed E-state index contributed by atoms with van der Waals surface area (Å²) in [4.78, 5) is 0. The molecule has 0 radical (unpaired) electrons. The molecule has 0 saturated heterocycles. The van der Waals surface area contributed by atoms with Gasteiger partial charge in [-0.1, -0.05) is 20.8 Å². The Morgan fingerprint density at radius 2 is 1.29 bits per heavy atom. The van der Waals surface area contributed by atoms with E-state index in [0.717, 1.165) is 0 Å². The van der Waals surface area contributed by atoms with E-state index in [9.17, 15) is 0 Å². The molecule has 0 amide bonds. The summed E-state index contributed by atoms with van der Waals surface area (Å²) in [5.41, 5.74) is 0.533. The summed E-state index contributed by atoms with van der Waals surface area (Å²) in [5, 5.41) is 0. The number of rotatable bonds is 6. The van der Waals surface area contributed by atoms with Gasteiger partial charge in [-0.3, -0.25) is 0 Å². The molecule has 0 nitrogen and oxygen atoms in total. The van der Waals surface area contributed by atoms with Crippen LogP contribution in [0.4, 0.5) is 0 Å². The molecule has 0 aliphatic heterocycles. The van der Waals surface area contributed by atoms with Crippen molar-refractivity contribution in [2.24, 2.45) is 5.41 Å². The molecular formula is C13H30P+. The van der Waals surface area contributed by atoms with Crippen LogP contribution < -0.4 is 0 Å². The summed E-state index contributed by atoms with van der Waals surface area (Å²) in [6.07, 6.45) is 8.77. The minimum Gasteiger partial charge on any atom is -0.0602 e. The smallest absolute Gasteiger partial charge is 0.0594 e. The Hall–Kier alpha value is 0.430. The first-order chi connectivity index (χ1) is 6.39. The lowest BCUT2D eigenvalue weighted by Crippen LogP contribution is -2.11. The maximum atomic E-state index is 2.40. The Kier molecular flexibility index (Phi) is 6.30. The van der Waals surface area contributed by atoms with Crippen molar-refractivity contribution in [2.45, 2.75) is 54.4 Å². The monoisotopic (exact) mass is 217 g/mol. The van der Waals surface area contributed by atoms with Gasteiger partial charge in [0.1, 0.15) is 0 Å². The van der Waals surface area contributed by atoms with Crippen molar-refractivity contribution in [3.8, 4) is 0 Å². The predicted octanol–water partition coefficient (Wildman–Crippen LogP) is 4.89. The second kappa shape index (κ2) is 6.11. The lowest BCUT2D eigenvalue weighted by Gasteiger charge is -2.25. The summed E-state index contributed by atoms with van der Waals surface area (Å²) in [5.74, 6) is 0. The van der Waals surface area contributed by atoms with E-state index in [1.54, 1.807) is 0 Å². The van der Waals surface area contributed by atoms with Gasteiger partial charge in [0, 0.05) is 7.26 Å². The molecule has 0 aromatic heterocycles. The van der Waals surface area contributed by atoms with E-state index in [1.165, 1.54) is 37.5 Å². The Labute approximate surface area is 92.2 Å². The number of hydrogen-bond acceptors (Lipinski definition) is 0. The summed E-state index contributed by atoms with van der Waals surface area (Å²) >= 11 is 0. The molecule has 0 aromatic carbocycles. The second-order valence-electron chi connectivity index (χ2n) is 5.68. The Morgan fingerprint density at radius 3 is 1.57 bits per heavy atom. The average molecular weight is 217 g/mol. The van der Waals surface area contributed by atoms with Crippen LogP contribution in [0.2, 0.25) is 0 Å². The third kappa shape index (κ3) is 5.35. The SMILES string of the molecule is CC[P+](CC)(CC)CCCC(C)(C)C. The minimum atomic E-state index is -0.525. The molecule has 0 aliphatic carbocycles. The van der Waals surface area contributed by atoms with Crippen LogP contribution in [0.5, 0.6) is 0 Å². The molecule has 0 aliphatic rings. The molecular weight excluding hydrogens is 187 g/mol. The van der Waals surface area contributed by atoms with E-state index >= 15 is 0 Å². The van der Waals surface area contributed by atoms with Crippen LogP contribution in [0.15, 0.2) is 0 Å². The molecule has 0 atom stereocenters. The van der Waals surface area contributed by atoms with Crippen LogP contribution in [0, 0.1) is 5.41 Å². The first kappa shape index (κ1) is 14.4. The summed E-state index contributed by atoms with van der Waals surface area (Å²) in [7, 11) is -0.525. The highest BCUT2D eigenvalue weighted by atomic mass is 31.2. The Morgan fingerprint density at radius 1 is 0.857 bits per heavy atom. The zero-order valence-electron chi connectivity index (χ0n) is 11.2. The van der Waals surface area contributed by atoms with Gasteiger partial charge < -0.3 is 0 Å². The summed E-state index contributed by atoms with van der Waals surface area (Å²) in [6.45, 7) is 14.3. The molecule has 0 N–H and O–H groups in total. The fraction of sp³-hybridized carbons (Fsp3) is 1.00. The third-order valence-electron chi connectivity index (χ3n) is 3.57. The summed E-state index contributed by atoms with van der Waals surface area (Å²) in [6, 6.07) is 0. The molecule has 0 saturated carbocycles. The van der Waals surface area contributed by atoms with Crippen LogP contribution in [0.1, 0.15) is 54.4 Å². The molecule has 0 bridgehead atoms. The predicted molar refractivity (Wildman–Crippen MR) is 72.1 cm³/mol. The van der Waals surface area contributed by atoms with Gasteiger partial charge in [0.05, 0.1) is 24.6 Å². The molecule has 0 spiro atoms. The van der Waals surface area contributed by atoms with Gasteiger partial charge in [-0.2, -0.15) is 0 Å². The van der Waals surface area contributed by atoms with Crippen molar-refractivity contribution < 1.29 is 0 Å². The van der Waals surface area contributed by atoms with Gasteiger partial charge in [-0.05, 0) is 39.0 Å². The van der Waals surface area contributed by atoms with Crippen LogP contribution in [0.3, 0.4) is 0 Å². The fourth-order valence-corrected chi connectivity index (χ4v) is 5.21. The van der Waals surface area contributed by atoms with Crippen molar-refractivity contribution in [1.82, 2.24) is 0 Å². The topological polar surface area (TPSA) is 0 Å². The molecule has 0 unspecified atom stereocenters. The molecule has 0 rings (SSSR count). The summed E-state index contributed by atoms with van der Waals surface area (Å²) < 4.78 is 0. The van der Waals surface area contributed by atoms with Crippen molar-refractivity contribution in [3.63, 3.8) is 0 Å². The highest BCUT2D eigenvalue weighted by Crippen LogP contribution is 2.58. The molecule has 14 heavy (non-hydrogen) atoms. The van der Waals surface area contributed by atoms with Gasteiger partial charge in [0.25, 0.3) is 0 Å². The second-order valence-corrected chi connectivity index (χ2v) is 10.7. The van der Waals surface area contributed by atoms with Gasteiger partial charge in [0.2, 0.25) is 0 Å². The van der Waals surface area contributed by atoms with Crippen molar-refractivity contribution in [3.05, 3.63) is 0 Å². The van der Waals surface area contributed by atoms with E-state index in [0.29, 0.717) is 5.41 Å². The van der Waals surface area contributed by atoms with Gasteiger partial charge >= 0.3 is 0 Å². The van der Waals surface area contributed by atoms with Crippen LogP contribution >= 0.6 is 7.26 Å². The highest BCUT2D eigenvalue weighted by Gasteiger charge is 2.30. The van der Waals surface area contributed by atoms with E-state index in [1.807, 2.05) is 0 Å². The van der Waals surface area contributed by atoms with Crippen molar-refractivity contribution in [2.75, 3.05) is 24.6 Å². The lowest BCUT2D eigenvalue weighted by molar-refractivity contribution is 0.374. The molecule has 0 fully saturated rings. The molecule has 0 heterocycles. The zero-order chi connectivity index (χ0) is 11.2. The first-order valence-corrected chi connectivity index (χ1v) is 8.77. The molecule has 0 aromatic rings.